The first-order chi connectivity index (χ1) is 12.1. The Labute approximate surface area is 161 Å². The minimum Gasteiger partial charge on any atom is -0.489 e. The Kier molecular flexibility index (Phi) is 8.61. The zero-order chi connectivity index (χ0) is 18.3. The third-order valence-electron chi connectivity index (χ3n) is 4.50. The lowest BCUT2D eigenvalue weighted by atomic mass is 9.93. The predicted molar refractivity (Wildman–Crippen MR) is 106 cm³/mol. The zero-order valence-corrected chi connectivity index (χ0v) is 16.5. The summed E-state index contributed by atoms with van der Waals surface area (Å²) >= 11 is 0. The summed E-state index contributed by atoms with van der Waals surface area (Å²) in [6.07, 6.45) is 4.13. The van der Waals surface area contributed by atoms with Crippen molar-refractivity contribution < 1.29 is 9.53 Å². The van der Waals surface area contributed by atoms with Crippen LogP contribution in [0.25, 0.3) is 5.69 Å². The van der Waals surface area contributed by atoms with Gasteiger partial charge in [0.2, 0.25) is 0 Å². The molecule has 0 unspecified atom stereocenters. The molecule has 0 bridgehead atoms. The molecule has 144 valence electrons. The molecule has 0 saturated carbocycles. The lowest BCUT2D eigenvalue weighted by Gasteiger charge is -2.31. The number of ether oxygens (including phenoxy) is 1. The number of nitrogens with one attached hydrogen (secondary N) is 1. The molecular formula is C19H29ClN4O2. The maximum Gasteiger partial charge on any atom is 0.276 e. The summed E-state index contributed by atoms with van der Waals surface area (Å²) in [5.41, 5.74) is 6.64. The normalized spacial score (nSPS) is 10.9. The molecule has 2 aromatic rings. The standard InChI is InChI=1S/C19H28N4O2.ClH/c1-4-12-25-16-13-23(15-10-8-7-9-11-15)22-17(16)18(24)21-19(5-2,6-3)14-20;/h7-11,13H,4-6,12,14,20H2,1-3H3,(H,21,24);1H. The summed E-state index contributed by atoms with van der Waals surface area (Å²) in [5.74, 6) is 0.233. The van der Waals surface area contributed by atoms with Gasteiger partial charge < -0.3 is 15.8 Å². The minimum atomic E-state index is -0.421. The Morgan fingerprint density at radius 1 is 1.23 bits per heavy atom. The summed E-state index contributed by atoms with van der Waals surface area (Å²) in [6, 6.07) is 9.65. The van der Waals surface area contributed by atoms with E-state index in [1.54, 1.807) is 10.9 Å². The van der Waals surface area contributed by atoms with E-state index in [4.69, 9.17) is 10.5 Å². The number of nitrogens with zero attached hydrogens (tertiary/aromatic N) is 2. The van der Waals surface area contributed by atoms with Crippen LogP contribution in [0.4, 0.5) is 0 Å². The second kappa shape index (κ2) is 10.2. The molecule has 1 amide bonds. The Bertz CT molecular complexity index is 676. The SMILES string of the molecule is CCCOc1cn(-c2ccccc2)nc1C(=O)NC(CC)(CC)CN.Cl. The van der Waals surface area contributed by atoms with Crippen molar-refractivity contribution in [3.63, 3.8) is 0 Å². The Morgan fingerprint density at radius 3 is 2.42 bits per heavy atom. The quantitative estimate of drug-likeness (QED) is 0.699. The van der Waals surface area contributed by atoms with Crippen LogP contribution in [-0.4, -0.2) is 34.4 Å². The van der Waals surface area contributed by atoms with Gasteiger partial charge in [-0.3, -0.25) is 4.79 Å². The summed E-state index contributed by atoms with van der Waals surface area (Å²) in [7, 11) is 0. The van der Waals surface area contributed by atoms with E-state index in [1.807, 2.05) is 51.1 Å². The van der Waals surface area contributed by atoms with Gasteiger partial charge in [0.1, 0.15) is 0 Å². The van der Waals surface area contributed by atoms with Crippen molar-refractivity contribution in [1.82, 2.24) is 15.1 Å². The Hall–Kier alpha value is -2.05. The zero-order valence-electron chi connectivity index (χ0n) is 15.7. The molecule has 0 aliphatic carbocycles. The van der Waals surface area contributed by atoms with Crippen LogP contribution in [0.15, 0.2) is 36.5 Å². The van der Waals surface area contributed by atoms with Crippen LogP contribution >= 0.6 is 12.4 Å². The van der Waals surface area contributed by atoms with E-state index in [0.717, 1.165) is 24.9 Å². The van der Waals surface area contributed by atoms with Crippen LogP contribution in [0.5, 0.6) is 5.75 Å². The van der Waals surface area contributed by atoms with Gasteiger partial charge in [-0.25, -0.2) is 4.68 Å². The molecule has 1 heterocycles. The number of benzene rings is 1. The highest BCUT2D eigenvalue weighted by Gasteiger charge is 2.29. The first-order valence-corrected chi connectivity index (χ1v) is 8.89. The number of rotatable bonds is 9. The van der Waals surface area contributed by atoms with Crippen molar-refractivity contribution in [2.45, 2.75) is 45.6 Å². The maximum atomic E-state index is 12.8. The van der Waals surface area contributed by atoms with Gasteiger partial charge in [-0.2, -0.15) is 5.10 Å². The van der Waals surface area contributed by atoms with Crippen LogP contribution in [0, 0.1) is 0 Å². The highest BCUT2D eigenvalue weighted by Crippen LogP contribution is 2.22. The van der Waals surface area contributed by atoms with Crippen LogP contribution in [0.3, 0.4) is 0 Å². The van der Waals surface area contributed by atoms with Gasteiger partial charge in [0.05, 0.1) is 24.0 Å². The highest BCUT2D eigenvalue weighted by molar-refractivity contribution is 5.95. The predicted octanol–water partition coefficient (Wildman–Crippen LogP) is 3.33. The fourth-order valence-corrected chi connectivity index (χ4v) is 2.61. The molecule has 0 atom stereocenters. The number of amides is 1. The van der Waals surface area contributed by atoms with Gasteiger partial charge in [0.15, 0.2) is 11.4 Å². The van der Waals surface area contributed by atoms with E-state index in [2.05, 4.69) is 10.4 Å². The van der Waals surface area contributed by atoms with Crippen molar-refractivity contribution in [1.29, 1.82) is 0 Å². The number of hydrogen-bond donors (Lipinski definition) is 2. The molecule has 1 aromatic heterocycles. The third kappa shape index (κ3) is 4.99. The monoisotopic (exact) mass is 380 g/mol. The van der Waals surface area contributed by atoms with Crippen LogP contribution < -0.4 is 15.8 Å². The topological polar surface area (TPSA) is 82.2 Å². The number of para-hydroxylation sites is 1. The number of halogens is 1. The summed E-state index contributed by atoms with van der Waals surface area (Å²) < 4.78 is 7.42. The second-order valence-electron chi connectivity index (χ2n) is 6.12. The van der Waals surface area contributed by atoms with Gasteiger partial charge in [-0.15, -0.1) is 12.4 Å². The number of carbonyl (C=O) groups excluding carboxylic acids is 1. The van der Waals surface area contributed by atoms with Crippen molar-refractivity contribution in [3.05, 3.63) is 42.2 Å². The minimum absolute atomic E-state index is 0. The summed E-state index contributed by atoms with van der Waals surface area (Å²) in [4.78, 5) is 12.8. The highest BCUT2D eigenvalue weighted by atomic mass is 35.5. The van der Waals surface area contributed by atoms with E-state index in [0.29, 0.717) is 18.9 Å². The van der Waals surface area contributed by atoms with E-state index in [-0.39, 0.29) is 24.0 Å². The average molecular weight is 381 g/mol. The van der Waals surface area contributed by atoms with Gasteiger partial charge >= 0.3 is 0 Å². The average Bonchev–Trinajstić information content (AvgIpc) is 3.09. The second-order valence-corrected chi connectivity index (χ2v) is 6.12. The van der Waals surface area contributed by atoms with Crippen LogP contribution in [0.1, 0.15) is 50.5 Å². The van der Waals surface area contributed by atoms with Crippen molar-refractivity contribution in [2.24, 2.45) is 5.73 Å². The van der Waals surface area contributed by atoms with Crippen molar-refractivity contribution in [2.75, 3.05) is 13.2 Å². The largest absolute Gasteiger partial charge is 0.489 e. The Morgan fingerprint density at radius 2 is 1.88 bits per heavy atom. The molecule has 7 heteroatoms. The molecule has 0 spiro atoms. The molecule has 0 radical (unpaired) electrons. The van der Waals surface area contributed by atoms with Gasteiger partial charge in [0.25, 0.3) is 5.91 Å². The first-order valence-electron chi connectivity index (χ1n) is 8.89. The smallest absolute Gasteiger partial charge is 0.276 e. The summed E-state index contributed by atoms with van der Waals surface area (Å²) in [5, 5.41) is 7.52. The van der Waals surface area contributed by atoms with Gasteiger partial charge in [-0.05, 0) is 31.4 Å². The lowest BCUT2D eigenvalue weighted by molar-refractivity contribution is 0.0885. The molecule has 2 rings (SSSR count). The fourth-order valence-electron chi connectivity index (χ4n) is 2.61. The van der Waals surface area contributed by atoms with Crippen LogP contribution in [-0.2, 0) is 0 Å². The van der Waals surface area contributed by atoms with E-state index < -0.39 is 5.54 Å². The molecule has 0 fully saturated rings. The number of aromatic nitrogens is 2. The van der Waals surface area contributed by atoms with E-state index >= 15 is 0 Å². The molecule has 26 heavy (non-hydrogen) atoms. The van der Waals surface area contributed by atoms with E-state index in [9.17, 15) is 4.79 Å². The van der Waals surface area contributed by atoms with Crippen LogP contribution in [0.2, 0.25) is 0 Å². The molecule has 3 N–H and O–H groups in total. The first kappa shape index (κ1) is 22.0. The number of hydrogen-bond acceptors (Lipinski definition) is 4. The molecule has 1 aromatic carbocycles. The van der Waals surface area contributed by atoms with Gasteiger partial charge in [0, 0.05) is 6.54 Å². The molecule has 0 saturated heterocycles. The Balaban J connectivity index is 0.00000338. The van der Waals surface area contributed by atoms with Gasteiger partial charge in [-0.1, -0.05) is 39.0 Å². The van der Waals surface area contributed by atoms with Crippen molar-refractivity contribution in [3.8, 4) is 11.4 Å². The molecule has 6 nitrogen and oxygen atoms in total. The summed E-state index contributed by atoms with van der Waals surface area (Å²) in [6.45, 7) is 6.98. The number of carbonyl (C=O) groups is 1. The van der Waals surface area contributed by atoms with Crippen molar-refractivity contribution >= 4 is 18.3 Å². The van der Waals surface area contributed by atoms with E-state index in [1.165, 1.54) is 0 Å². The molecule has 0 aliphatic rings. The fraction of sp³-hybridized carbons (Fsp3) is 0.474. The third-order valence-corrected chi connectivity index (χ3v) is 4.50. The molecular weight excluding hydrogens is 352 g/mol. The lowest BCUT2D eigenvalue weighted by Crippen LogP contribution is -2.53. The molecule has 0 aliphatic heterocycles. The maximum absolute atomic E-state index is 12.8. The number of nitrogens with two attached hydrogens (primary N) is 1.